The zero-order valence-corrected chi connectivity index (χ0v) is 15.7. The largest absolute Gasteiger partial charge is 0.312 e. The van der Waals surface area contributed by atoms with Crippen LogP contribution in [-0.2, 0) is 12.8 Å². The second kappa shape index (κ2) is 6.97. The highest BCUT2D eigenvalue weighted by atomic mass is 32.1. The van der Waals surface area contributed by atoms with Gasteiger partial charge in [-0.05, 0) is 48.3 Å². The Morgan fingerprint density at radius 2 is 2.32 bits per heavy atom. The van der Waals surface area contributed by atoms with Gasteiger partial charge in [-0.3, -0.25) is 9.78 Å². The van der Waals surface area contributed by atoms with E-state index in [-0.39, 0.29) is 5.91 Å². The average Bonchev–Trinajstić information content (AvgIpc) is 2.98. The van der Waals surface area contributed by atoms with Crippen molar-refractivity contribution >= 4 is 22.2 Å². The predicted molar refractivity (Wildman–Crippen MR) is 101 cm³/mol. The highest BCUT2D eigenvalue weighted by molar-refractivity contribution is 7.16. The Kier molecular flexibility index (Phi) is 4.91. The third-order valence-electron chi connectivity index (χ3n) is 5.54. The van der Waals surface area contributed by atoms with Crippen LogP contribution in [-0.4, -0.2) is 10.9 Å². The number of anilines is 1. The lowest BCUT2D eigenvalue weighted by molar-refractivity contribution is 0.102. The Hall–Kier alpha value is -2.19. The summed E-state index contributed by atoms with van der Waals surface area (Å²) < 4.78 is 0. The fourth-order valence-electron chi connectivity index (χ4n) is 3.42. The molecule has 25 heavy (non-hydrogen) atoms. The molecule has 0 radical (unpaired) electrons. The lowest BCUT2D eigenvalue weighted by atomic mass is 9.69. The molecule has 1 aliphatic carbocycles. The van der Waals surface area contributed by atoms with Gasteiger partial charge >= 0.3 is 0 Å². The number of nitrogens with zero attached hydrogens (tertiary/aromatic N) is 2. The van der Waals surface area contributed by atoms with E-state index < -0.39 is 0 Å². The Bertz CT molecular complexity index is 817. The van der Waals surface area contributed by atoms with Gasteiger partial charge in [0, 0.05) is 17.3 Å². The molecule has 130 valence electrons. The third kappa shape index (κ3) is 3.45. The van der Waals surface area contributed by atoms with Gasteiger partial charge in [-0.1, -0.05) is 27.2 Å². The summed E-state index contributed by atoms with van der Waals surface area (Å²) in [5, 5.41) is 13.2. The summed E-state index contributed by atoms with van der Waals surface area (Å²) in [6, 6.07) is 5.77. The Morgan fingerprint density at radius 3 is 2.96 bits per heavy atom. The zero-order chi connectivity index (χ0) is 18.0. The molecule has 1 amide bonds. The number of carbonyl (C=O) groups is 1. The summed E-state index contributed by atoms with van der Waals surface area (Å²) >= 11 is 1.57. The molecule has 0 aliphatic heterocycles. The molecule has 1 N–H and O–H groups in total. The van der Waals surface area contributed by atoms with Crippen molar-refractivity contribution in [3.63, 3.8) is 0 Å². The molecule has 0 bridgehead atoms. The topological polar surface area (TPSA) is 65.8 Å². The molecule has 0 saturated carbocycles. The van der Waals surface area contributed by atoms with Gasteiger partial charge in [-0.25, -0.2) is 0 Å². The number of rotatable bonds is 4. The van der Waals surface area contributed by atoms with E-state index in [0.29, 0.717) is 27.5 Å². The van der Waals surface area contributed by atoms with Crippen molar-refractivity contribution in [2.75, 3.05) is 5.32 Å². The smallest absolute Gasteiger partial charge is 0.257 e. The van der Waals surface area contributed by atoms with Crippen LogP contribution >= 0.6 is 11.3 Å². The van der Waals surface area contributed by atoms with Crippen molar-refractivity contribution in [1.29, 1.82) is 5.26 Å². The number of fused-ring (bicyclic) bond motifs is 1. The van der Waals surface area contributed by atoms with Crippen LogP contribution in [0.3, 0.4) is 0 Å². The summed E-state index contributed by atoms with van der Waals surface area (Å²) in [5.74, 6) is 0.408. The van der Waals surface area contributed by atoms with Gasteiger partial charge in [-0.15, -0.1) is 11.3 Å². The minimum absolute atomic E-state index is 0.214. The zero-order valence-electron chi connectivity index (χ0n) is 14.9. The number of thiophene rings is 1. The lowest BCUT2D eigenvalue weighted by Gasteiger charge is -2.36. The van der Waals surface area contributed by atoms with Crippen LogP contribution in [0.4, 0.5) is 5.00 Å². The van der Waals surface area contributed by atoms with Crippen LogP contribution in [0.25, 0.3) is 0 Å². The molecule has 0 fully saturated rings. The highest BCUT2D eigenvalue weighted by Gasteiger charge is 2.34. The molecule has 2 aromatic rings. The average molecular weight is 353 g/mol. The van der Waals surface area contributed by atoms with Crippen molar-refractivity contribution in [3.8, 4) is 6.07 Å². The summed E-state index contributed by atoms with van der Waals surface area (Å²) in [4.78, 5) is 17.7. The minimum atomic E-state index is -0.214. The first kappa shape index (κ1) is 17.6. The lowest BCUT2D eigenvalue weighted by Crippen LogP contribution is -2.28. The van der Waals surface area contributed by atoms with Gasteiger partial charge in [-0.2, -0.15) is 5.26 Å². The SMILES string of the molecule is CCC(C)(C)[C@H]1CCc2c(sc(NC(=O)c3cccnc3)c2C#N)C1. The molecule has 2 heterocycles. The maximum absolute atomic E-state index is 12.4. The number of aromatic nitrogens is 1. The molecular formula is C20H23N3OS. The molecule has 0 aromatic carbocycles. The van der Waals surface area contributed by atoms with Crippen molar-refractivity contribution in [2.45, 2.75) is 46.5 Å². The monoisotopic (exact) mass is 353 g/mol. The molecule has 0 spiro atoms. The van der Waals surface area contributed by atoms with E-state index in [1.54, 1.807) is 29.7 Å². The first-order valence-corrected chi connectivity index (χ1v) is 9.54. The number of pyridine rings is 1. The number of nitrogens with one attached hydrogen (secondary N) is 1. The standard InChI is InChI=1S/C20H23N3OS/c1-4-20(2,3)14-7-8-15-16(11-21)19(25-17(15)10-14)23-18(24)13-6-5-9-22-12-13/h5-6,9,12,14H,4,7-8,10H2,1-3H3,(H,23,24)/t14-/m0/s1. The molecule has 0 unspecified atom stereocenters. The molecule has 1 atom stereocenters. The fourth-order valence-corrected chi connectivity index (χ4v) is 4.69. The number of carbonyl (C=O) groups excluding carboxylic acids is 1. The van der Waals surface area contributed by atoms with E-state index in [1.807, 2.05) is 0 Å². The van der Waals surface area contributed by atoms with E-state index in [9.17, 15) is 10.1 Å². The molecular weight excluding hydrogens is 330 g/mol. The van der Waals surface area contributed by atoms with Crippen LogP contribution in [0.1, 0.15) is 60.0 Å². The third-order valence-corrected chi connectivity index (χ3v) is 6.71. The highest BCUT2D eigenvalue weighted by Crippen LogP contribution is 2.45. The first-order valence-electron chi connectivity index (χ1n) is 8.72. The van der Waals surface area contributed by atoms with E-state index in [1.165, 1.54) is 11.1 Å². The van der Waals surface area contributed by atoms with Crippen LogP contribution in [0.15, 0.2) is 24.5 Å². The van der Waals surface area contributed by atoms with Crippen molar-refractivity contribution in [1.82, 2.24) is 4.98 Å². The Labute approximate surface area is 152 Å². The summed E-state index contributed by atoms with van der Waals surface area (Å²) in [6.45, 7) is 6.89. The van der Waals surface area contributed by atoms with Crippen molar-refractivity contribution in [3.05, 3.63) is 46.1 Å². The van der Waals surface area contributed by atoms with Gasteiger partial charge < -0.3 is 5.32 Å². The number of hydrogen-bond donors (Lipinski definition) is 1. The van der Waals surface area contributed by atoms with E-state index in [0.717, 1.165) is 31.2 Å². The molecule has 5 heteroatoms. The molecule has 4 nitrogen and oxygen atoms in total. The number of hydrogen-bond acceptors (Lipinski definition) is 4. The van der Waals surface area contributed by atoms with E-state index in [2.05, 4.69) is 37.1 Å². The molecule has 3 rings (SSSR count). The number of nitriles is 1. The summed E-state index contributed by atoms with van der Waals surface area (Å²) in [5.41, 5.74) is 2.58. The maximum Gasteiger partial charge on any atom is 0.257 e. The van der Waals surface area contributed by atoms with Gasteiger partial charge in [0.2, 0.25) is 0 Å². The van der Waals surface area contributed by atoms with Crippen LogP contribution in [0, 0.1) is 22.7 Å². The van der Waals surface area contributed by atoms with E-state index in [4.69, 9.17) is 0 Å². The van der Waals surface area contributed by atoms with Crippen LogP contribution < -0.4 is 5.32 Å². The van der Waals surface area contributed by atoms with Gasteiger partial charge in [0.05, 0.1) is 11.1 Å². The molecule has 0 saturated heterocycles. The second-order valence-corrected chi connectivity index (χ2v) is 8.40. The normalized spacial score (nSPS) is 16.8. The molecule has 2 aromatic heterocycles. The second-order valence-electron chi connectivity index (χ2n) is 7.30. The van der Waals surface area contributed by atoms with Gasteiger partial charge in [0.25, 0.3) is 5.91 Å². The van der Waals surface area contributed by atoms with Gasteiger partial charge in [0.15, 0.2) is 0 Å². The quantitative estimate of drug-likeness (QED) is 0.858. The fraction of sp³-hybridized carbons (Fsp3) is 0.450. The van der Waals surface area contributed by atoms with Crippen molar-refractivity contribution < 1.29 is 4.79 Å². The van der Waals surface area contributed by atoms with Crippen LogP contribution in [0.5, 0.6) is 0 Å². The summed E-state index contributed by atoms with van der Waals surface area (Å²) in [7, 11) is 0. The molecule has 1 aliphatic rings. The van der Waals surface area contributed by atoms with E-state index >= 15 is 0 Å². The van der Waals surface area contributed by atoms with Crippen molar-refractivity contribution in [2.24, 2.45) is 11.3 Å². The predicted octanol–water partition coefficient (Wildman–Crippen LogP) is 4.81. The minimum Gasteiger partial charge on any atom is -0.312 e. The summed E-state index contributed by atoms with van der Waals surface area (Å²) in [6.07, 6.45) is 7.35. The maximum atomic E-state index is 12.4. The Balaban J connectivity index is 1.86. The number of amides is 1. The van der Waals surface area contributed by atoms with Gasteiger partial charge in [0.1, 0.15) is 11.1 Å². The van der Waals surface area contributed by atoms with Crippen LogP contribution in [0.2, 0.25) is 0 Å². The first-order chi connectivity index (χ1) is 12.0. The Morgan fingerprint density at radius 1 is 1.52 bits per heavy atom.